The van der Waals surface area contributed by atoms with E-state index in [0.717, 1.165) is 24.3 Å². The summed E-state index contributed by atoms with van der Waals surface area (Å²) in [5.41, 5.74) is 1.38. The molecule has 0 atom stereocenters. The molecule has 0 saturated heterocycles. The number of carbonyl (C=O) groups is 1. The van der Waals surface area contributed by atoms with Gasteiger partial charge in [0.15, 0.2) is 0 Å². The fourth-order valence-electron chi connectivity index (χ4n) is 2.81. The fourth-order valence-corrected chi connectivity index (χ4v) is 2.81. The lowest BCUT2D eigenvalue weighted by Gasteiger charge is -2.07. The van der Waals surface area contributed by atoms with Crippen LogP contribution in [0.1, 0.15) is 15.9 Å². The number of rotatable bonds is 9. The summed E-state index contributed by atoms with van der Waals surface area (Å²) in [6, 6.07) is 12.6. The molecular weight excluding hydrogens is 466 g/mol. The molecule has 3 aromatic carbocycles. The first kappa shape index (κ1) is 24.2. The van der Waals surface area contributed by atoms with Crippen LogP contribution in [-0.2, 0) is 0 Å². The quantitative estimate of drug-likeness (QED) is 0.268. The third kappa shape index (κ3) is 5.89. The van der Waals surface area contributed by atoms with Gasteiger partial charge in [-0.3, -0.25) is 35.1 Å². The molecule has 178 valence electrons. The number of nitro groups is 3. The Morgan fingerprint density at radius 3 is 2.03 bits per heavy atom. The minimum absolute atomic E-state index is 0.0766. The van der Waals surface area contributed by atoms with Crippen LogP contribution in [0.2, 0.25) is 0 Å². The Labute approximate surface area is 195 Å². The average Bonchev–Trinajstić information content (AvgIpc) is 2.84. The summed E-state index contributed by atoms with van der Waals surface area (Å²) < 4.78 is 10.5. The number of nitrogens with one attached hydrogen (secondary N) is 1. The van der Waals surface area contributed by atoms with Gasteiger partial charge in [-0.15, -0.1) is 0 Å². The molecule has 0 saturated carbocycles. The number of hydrazone groups is 1. The topological polar surface area (TPSA) is 189 Å². The molecule has 0 fully saturated rings. The normalized spacial score (nSPS) is 10.5. The molecule has 0 unspecified atom stereocenters. The van der Waals surface area contributed by atoms with E-state index in [1.165, 1.54) is 49.7 Å². The lowest BCUT2D eigenvalue weighted by atomic mass is 10.1. The van der Waals surface area contributed by atoms with Gasteiger partial charge in [-0.2, -0.15) is 5.10 Å². The SMILES string of the molecule is COc1ccc([N+](=O)[O-])cc1C(=O)N/N=C\c1ccc(Oc2ccc([N+](=O)[O-])cc2[N+](=O)[O-])cc1. The van der Waals surface area contributed by atoms with Crippen molar-refractivity contribution in [3.63, 3.8) is 0 Å². The predicted molar refractivity (Wildman–Crippen MR) is 121 cm³/mol. The van der Waals surface area contributed by atoms with Gasteiger partial charge in [0.1, 0.15) is 11.5 Å². The molecule has 0 aliphatic heterocycles. The Morgan fingerprint density at radius 1 is 0.857 bits per heavy atom. The maximum Gasteiger partial charge on any atom is 0.318 e. The van der Waals surface area contributed by atoms with Crippen molar-refractivity contribution < 1.29 is 29.0 Å². The molecule has 0 bridgehead atoms. The van der Waals surface area contributed by atoms with E-state index in [4.69, 9.17) is 9.47 Å². The molecule has 0 radical (unpaired) electrons. The van der Waals surface area contributed by atoms with Gasteiger partial charge < -0.3 is 9.47 Å². The number of hydrogen-bond donors (Lipinski definition) is 1. The van der Waals surface area contributed by atoms with E-state index in [-0.39, 0.29) is 28.5 Å². The van der Waals surface area contributed by atoms with Gasteiger partial charge in [0.25, 0.3) is 17.3 Å². The summed E-state index contributed by atoms with van der Waals surface area (Å²) in [4.78, 5) is 43.2. The predicted octanol–water partition coefficient (Wildman–Crippen LogP) is 3.98. The van der Waals surface area contributed by atoms with Crippen molar-refractivity contribution in [2.24, 2.45) is 5.10 Å². The lowest BCUT2D eigenvalue weighted by molar-refractivity contribution is -0.394. The van der Waals surface area contributed by atoms with Crippen molar-refractivity contribution in [2.45, 2.75) is 0 Å². The van der Waals surface area contributed by atoms with Crippen molar-refractivity contribution in [1.82, 2.24) is 5.43 Å². The zero-order valence-corrected chi connectivity index (χ0v) is 17.8. The Kier molecular flexibility index (Phi) is 7.26. The van der Waals surface area contributed by atoms with Crippen LogP contribution in [0.4, 0.5) is 17.1 Å². The van der Waals surface area contributed by atoms with E-state index in [1.807, 2.05) is 0 Å². The second kappa shape index (κ2) is 10.5. The zero-order valence-electron chi connectivity index (χ0n) is 17.8. The van der Waals surface area contributed by atoms with Gasteiger partial charge in [-0.25, -0.2) is 5.43 Å². The summed E-state index contributed by atoms with van der Waals surface area (Å²) in [5.74, 6) is -0.568. The third-order valence-corrected chi connectivity index (χ3v) is 4.48. The first-order valence-corrected chi connectivity index (χ1v) is 9.56. The summed E-state index contributed by atoms with van der Waals surface area (Å²) in [6.07, 6.45) is 1.29. The maximum absolute atomic E-state index is 12.4. The second-order valence-electron chi connectivity index (χ2n) is 6.68. The average molecular weight is 481 g/mol. The van der Waals surface area contributed by atoms with Gasteiger partial charge >= 0.3 is 5.69 Å². The standard InChI is InChI=1S/C21H15N5O9/c1-34-19-8-4-14(24(28)29)10-17(19)21(27)23-22-12-13-2-6-16(7-3-13)35-20-9-5-15(25(30)31)11-18(20)26(32)33/h2-12H,1H3,(H,23,27)/b22-12-. The molecule has 35 heavy (non-hydrogen) atoms. The van der Waals surface area contributed by atoms with Crippen LogP contribution in [0.15, 0.2) is 65.8 Å². The van der Waals surface area contributed by atoms with Gasteiger partial charge in [-0.1, -0.05) is 0 Å². The monoisotopic (exact) mass is 481 g/mol. The molecule has 14 nitrogen and oxygen atoms in total. The number of nitro benzene ring substituents is 3. The van der Waals surface area contributed by atoms with E-state index in [0.29, 0.717) is 5.56 Å². The number of amides is 1. The number of nitrogens with zero attached hydrogens (tertiary/aromatic N) is 4. The molecule has 1 amide bonds. The largest absolute Gasteiger partial charge is 0.496 e. The molecular formula is C21H15N5O9. The summed E-state index contributed by atoms with van der Waals surface area (Å²) in [7, 11) is 1.32. The van der Waals surface area contributed by atoms with Gasteiger partial charge in [-0.05, 0) is 42.0 Å². The van der Waals surface area contributed by atoms with Crippen LogP contribution in [-0.4, -0.2) is 34.0 Å². The number of methoxy groups -OCH3 is 1. The van der Waals surface area contributed by atoms with Gasteiger partial charge in [0.2, 0.25) is 5.75 Å². The number of non-ortho nitro benzene ring substituents is 2. The van der Waals surface area contributed by atoms with Crippen molar-refractivity contribution in [2.75, 3.05) is 7.11 Å². The molecule has 0 spiro atoms. The first-order valence-electron chi connectivity index (χ1n) is 9.56. The molecule has 0 aromatic heterocycles. The number of carbonyl (C=O) groups excluding carboxylic acids is 1. The van der Waals surface area contributed by atoms with Crippen LogP contribution < -0.4 is 14.9 Å². The number of benzene rings is 3. The van der Waals surface area contributed by atoms with Crippen LogP contribution >= 0.6 is 0 Å². The molecule has 0 aliphatic rings. The highest BCUT2D eigenvalue weighted by Gasteiger charge is 2.21. The molecule has 14 heteroatoms. The molecule has 3 rings (SSSR count). The highest BCUT2D eigenvalue weighted by molar-refractivity contribution is 5.98. The minimum atomic E-state index is -0.789. The summed E-state index contributed by atoms with van der Waals surface area (Å²) >= 11 is 0. The van der Waals surface area contributed by atoms with Crippen LogP contribution in [0.3, 0.4) is 0 Å². The van der Waals surface area contributed by atoms with Crippen molar-refractivity contribution in [3.05, 3.63) is 102 Å². The molecule has 1 N–H and O–H groups in total. The van der Waals surface area contributed by atoms with Crippen LogP contribution in [0, 0.1) is 30.3 Å². The summed E-state index contributed by atoms with van der Waals surface area (Å²) in [6.45, 7) is 0. The van der Waals surface area contributed by atoms with Gasteiger partial charge in [0, 0.05) is 18.2 Å². The van der Waals surface area contributed by atoms with Crippen molar-refractivity contribution in [1.29, 1.82) is 0 Å². The van der Waals surface area contributed by atoms with Gasteiger partial charge in [0.05, 0.1) is 39.7 Å². The maximum atomic E-state index is 12.4. The van der Waals surface area contributed by atoms with Crippen LogP contribution in [0.25, 0.3) is 0 Å². The Bertz CT molecular complexity index is 1340. The molecule has 0 aliphatic carbocycles. The Hall–Kier alpha value is -5.40. The Balaban J connectivity index is 1.70. The lowest BCUT2D eigenvalue weighted by Crippen LogP contribution is -2.18. The number of hydrogen-bond acceptors (Lipinski definition) is 10. The Morgan fingerprint density at radius 2 is 1.46 bits per heavy atom. The van der Waals surface area contributed by atoms with Crippen LogP contribution in [0.5, 0.6) is 17.2 Å². The van der Waals surface area contributed by atoms with E-state index < -0.39 is 32.1 Å². The number of ether oxygens (including phenoxy) is 2. The van der Waals surface area contributed by atoms with E-state index in [2.05, 4.69) is 10.5 Å². The van der Waals surface area contributed by atoms with E-state index >= 15 is 0 Å². The zero-order chi connectivity index (χ0) is 25.5. The van der Waals surface area contributed by atoms with Crippen molar-refractivity contribution in [3.8, 4) is 17.2 Å². The minimum Gasteiger partial charge on any atom is -0.496 e. The first-order chi connectivity index (χ1) is 16.7. The highest BCUT2D eigenvalue weighted by atomic mass is 16.6. The van der Waals surface area contributed by atoms with E-state index in [1.54, 1.807) is 0 Å². The molecule has 0 heterocycles. The second-order valence-corrected chi connectivity index (χ2v) is 6.68. The fraction of sp³-hybridized carbons (Fsp3) is 0.0476. The van der Waals surface area contributed by atoms with E-state index in [9.17, 15) is 35.1 Å². The smallest absolute Gasteiger partial charge is 0.318 e. The van der Waals surface area contributed by atoms with Crippen molar-refractivity contribution >= 4 is 29.2 Å². The summed E-state index contributed by atoms with van der Waals surface area (Å²) in [5, 5.41) is 36.8. The molecule has 3 aromatic rings. The third-order valence-electron chi connectivity index (χ3n) is 4.48. The highest BCUT2D eigenvalue weighted by Crippen LogP contribution is 2.34.